The van der Waals surface area contributed by atoms with Crippen LogP contribution in [0.5, 0.6) is 5.75 Å². The van der Waals surface area contributed by atoms with Crippen molar-refractivity contribution in [2.24, 2.45) is 0 Å². The zero-order chi connectivity index (χ0) is 13.7. The Morgan fingerprint density at radius 3 is 2.68 bits per heavy atom. The molecule has 0 radical (unpaired) electrons. The largest absolute Gasteiger partial charge is 0.427 e. The van der Waals surface area contributed by atoms with Crippen LogP contribution in [0.25, 0.3) is 0 Å². The Balaban J connectivity index is 1.83. The standard InChI is InChI=1S/C15H14O3S/c1-11-4-2-5-12(10-11)18-15(17)8-7-13(16)14-6-3-9-19-14/h2-6,9-10H,7-8H2,1H3. The molecule has 0 spiro atoms. The Kier molecular flexibility index (Phi) is 4.47. The van der Waals surface area contributed by atoms with Crippen molar-refractivity contribution < 1.29 is 14.3 Å². The highest BCUT2D eigenvalue weighted by molar-refractivity contribution is 7.12. The third-order valence-corrected chi connectivity index (χ3v) is 3.48. The van der Waals surface area contributed by atoms with E-state index < -0.39 is 0 Å². The van der Waals surface area contributed by atoms with E-state index in [1.165, 1.54) is 11.3 Å². The molecule has 1 heterocycles. The van der Waals surface area contributed by atoms with Gasteiger partial charge >= 0.3 is 5.97 Å². The van der Waals surface area contributed by atoms with Crippen molar-refractivity contribution in [3.8, 4) is 5.75 Å². The number of thiophene rings is 1. The van der Waals surface area contributed by atoms with E-state index in [4.69, 9.17) is 4.74 Å². The molecule has 0 saturated carbocycles. The van der Waals surface area contributed by atoms with Crippen LogP contribution < -0.4 is 4.74 Å². The number of hydrogen-bond acceptors (Lipinski definition) is 4. The van der Waals surface area contributed by atoms with Crippen molar-refractivity contribution in [3.05, 3.63) is 52.2 Å². The summed E-state index contributed by atoms with van der Waals surface area (Å²) in [4.78, 5) is 24.0. The molecule has 98 valence electrons. The van der Waals surface area contributed by atoms with Crippen LogP contribution in [0, 0.1) is 6.92 Å². The van der Waals surface area contributed by atoms with Crippen LogP contribution in [-0.2, 0) is 4.79 Å². The first-order valence-corrected chi connectivity index (χ1v) is 6.87. The summed E-state index contributed by atoms with van der Waals surface area (Å²) in [7, 11) is 0. The van der Waals surface area contributed by atoms with Crippen LogP contribution in [0.1, 0.15) is 28.1 Å². The molecule has 19 heavy (non-hydrogen) atoms. The highest BCUT2D eigenvalue weighted by atomic mass is 32.1. The second kappa shape index (κ2) is 6.29. The topological polar surface area (TPSA) is 43.4 Å². The summed E-state index contributed by atoms with van der Waals surface area (Å²) in [6.07, 6.45) is 0.288. The lowest BCUT2D eigenvalue weighted by Gasteiger charge is -2.04. The first kappa shape index (κ1) is 13.5. The molecule has 0 aliphatic heterocycles. The van der Waals surface area contributed by atoms with Crippen LogP contribution in [0.2, 0.25) is 0 Å². The molecule has 1 aromatic heterocycles. The molecular formula is C15H14O3S. The molecule has 0 fully saturated rings. The van der Waals surface area contributed by atoms with Crippen molar-refractivity contribution in [1.82, 2.24) is 0 Å². The number of aryl methyl sites for hydroxylation is 1. The van der Waals surface area contributed by atoms with E-state index in [2.05, 4.69) is 0 Å². The Morgan fingerprint density at radius 2 is 2.00 bits per heavy atom. The lowest BCUT2D eigenvalue weighted by molar-refractivity contribution is -0.134. The quantitative estimate of drug-likeness (QED) is 0.475. The van der Waals surface area contributed by atoms with Crippen molar-refractivity contribution in [2.45, 2.75) is 19.8 Å². The number of rotatable bonds is 5. The number of hydrogen-bond donors (Lipinski definition) is 0. The highest BCUT2D eigenvalue weighted by Gasteiger charge is 2.11. The van der Waals surface area contributed by atoms with Crippen LogP contribution in [-0.4, -0.2) is 11.8 Å². The molecule has 0 atom stereocenters. The SMILES string of the molecule is Cc1cccc(OC(=O)CCC(=O)c2cccs2)c1. The Hall–Kier alpha value is -1.94. The van der Waals surface area contributed by atoms with Gasteiger partial charge in [-0.15, -0.1) is 11.3 Å². The van der Waals surface area contributed by atoms with Gasteiger partial charge in [0.1, 0.15) is 5.75 Å². The van der Waals surface area contributed by atoms with Crippen molar-refractivity contribution >= 4 is 23.1 Å². The van der Waals surface area contributed by atoms with E-state index in [0.717, 1.165) is 5.56 Å². The Labute approximate surface area is 115 Å². The minimum atomic E-state index is -0.379. The average molecular weight is 274 g/mol. The van der Waals surface area contributed by atoms with Crippen LogP contribution in [0.4, 0.5) is 0 Å². The summed E-state index contributed by atoms with van der Waals surface area (Å²) in [6.45, 7) is 1.93. The van der Waals surface area contributed by atoms with Crippen LogP contribution in [0.15, 0.2) is 41.8 Å². The zero-order valence-electron chi connectivity index (χ0n) is 10.6. The van der Waals surface area contributed by atoms with Gasteiger partial charge in [0.2, 0.25) is 0 Å². The summed E-state index contributed by atoms with van der Waals surface area (Å²) >= 11 is 1.39. The molecule has 1 aromatic carbocycles. The molecule has 0 aliphatic carbocycles. The first-order chi connectivity index (χ1) is 9.15. The lowest BCUT2D eigenvalue weighted by atomic mass is 10.2. The highest BCUT2D eigenvalue weighted by Crippen LogP contribution is 2.15. The van der Waals surface area contributed by atoms with Gasteiger partial charge in [-0.3, -0.25) is 9.59 Å². The first-order valence-electron chi connectivity index (χ1n) is 5.99. The van der Waals surface area contributed by atoms with Gasteiger partial charge < -0.3 is 4.74 Å². The van der Waals surface area contributed by atoms with Crippen molar-refractivity contribution in [2.75, 3.05) is 0 Å². The number of ether oxygens (including phenoxy) is 1. The maximum Gasteiger partial charge on any atom is 0.311 e. The maximum absolute atomic E-state index is 11.7. The van der Waals surface area contributed by atoms with Crippen LogP contribution >= 0.6 is 11.3 Å². The molecule has 0 unspecified atom stereocenters. The van der Waals surface area contributed by atoms with Gasteiger partial charge in [0.25, 0.3) is 0 Å². The number of carbonyl (C=O) groups excluding carboxylic acids is 2. The van der Waals surface area contributed by atoms with E-state index in [1.807, 2.05) is 30.5 Å². The molecule has 0 aliphatic rings. The van der Waals surface area contributed by atoms with Crippen LogP contribution in [0.3, 0.4) is 0 Å². The minimum absolute atomic E-state index is 0.0174. The predicted molar refractivity (Wildman–Crippen MR) is 74.7 cm³/mol. The predicted octanol–water partition coefficient (Wildman–Crippen LogP) is 3.63. The molecule has 0 saturated heterocycles. The number of carbonyl (C=O) groups is 2. The maximum atomic E-state index is 11.7. The monoisotopic (exact) mass is 274 g/mol. The summed E-state index contributed by atoms with van der Waals surface area (Å²) in [6, 6.07) is 10.9. The third kappa shape index (κ3) is 4.03. The van der Waals surface area contributed by atoms with E-state index in [0.29, 0.717) is 10.6 Å². The summed E-state index contributed by atoms with van der Waals surface area (Å²) in [5, 5.41) is 1.85. The van der Waals surface area contributed by atoms with Crippen molar-refractivity contribution in [3.63, 3.8) is 0 Å². The average Bonchev–Trinajstić information content (AvgIpc) is 2.90. The summed E-state index contributed by atoms with van der Waals surface area (Å²) in [5.41, 5.74) is 1.03. The Bertz CT molecular complexity index is 573. The smallest absolute Gasteiger partial charge is 0.311 e. The fourth-order valence-electron chi connectivity index (χ4n) is 1.64. The molecule has 0 amide bonds. The van der Waals surface area contributed by atoms with Gasteiger partial charge in [-0.2, -0.15) is 0 Å². The normalized spacial score (nSPS) is 10.2. The molecule has 2 aromatic rings. The molecule has 2 rings (SSSR count). The van der Waals surface area contributed by atoms with E-state index in [-0.39, 0.29) is 24.6 Å². The van der Waals surface area contributed by atoms with E-state index >= 15 is 0 Å². The van der Waals surface area contributed by atoms with Gasteiger partial charge in [-0.05, 0) is 36.1 Å². The van der Waals surface area contributed by atoms with Gasteiger partial charge in [-0.1, -0.05) is 18.2 Å². The molecule has 4 heteroatoms. The van der Waals surface area contributed by atoms with Gasteiger partial charge in [-0.25, -0.2) is 0 Å². The number of esters is 1. The number of ketones is 1. The van der Waals surface area contributed by atoms with Gasteiger partial charge in [0.15, 0.2) is 5.78 Å². The van der Waals surface area contributed by atoms with Gasteiger partial charge in [0, 0.05) is 6.42 Å². The third-order valence-electron chi connectivity index (χ3n) is 2.57. The second-order valence-corrected chi connectivity index (χ2v) is 5.14. The second-order valence-electron chi connectivity index (χ2n) is 4.19. The summed E-state index contributed by atoms with van der Waals surface area (Å²) < 4.78 is 5.18. The fraction of sp³-hybridized carbons (Fsp3) is 0.200. The molecule has 0 N–H and O–H groups in total. The number of benzene rings is 1. The fourth-order valence-corrected chi connectivity index (χ4v) is 2.33. The molecule has 0 bridgehead atoms. The van der Waals surface area contributed by atoms with E-state index in [1.54, 1.807) is 18.2 Å². The van der Waals surface area contributed by atoms with E-state index in [9.17, 15) is 9.59 Å². The molecular weight excluding hydrogens is 260 g/mol. The summed E-state index contributed by atoms with van der Waals surface area (Å²) in [5.74, 6) is 0.125. The van der Waals surface area contributed by atoms with Gasteiger partial charge in [0.05, 0.1) is 11.3 Å². The minimum Gasteiger partial charge on any atom is -0.427 e. The van der Waals surface area contributed by atoms with Crippen molar-refractivity contribution in [1.29, 1.82) is 0 Å². The lowest BCUT2D eigenvalue weighted by Crippen LogP contribution is -2.10. The zero-order valence-corrected chi connectivity index (χ0v) is 11.4. The molecule has 3 nitrogen and oxygen atoms in total. The number of Topliss-reactive ketones (excluding diaryl/α,β-unsaturated/α-hetero) is 1. The Morgan fingerprint density at radius 1 is 1.16 bits per heavy atom.